The van der Waals surface area contributed by atoms with Gasteiger partial charge in [-0.2, -0.15) is 0 Å². The third-order valence-electron chi connectivity index (χ3n) is 4.33. The quantitative estimate of drug-likeness (QED) is 0.235. The lowest BCUT2D eigenvalue weighted by Gasteiger charge is -2.11. The van der Waals surface area contributed by atoms with Crippen molar-refractivity contribution in [2.45, 2.75) is 39.5 Å². The Kier molecular flexibility index (Phi) is 9.22. The summed E-state index contributed by atoms with van der Waals surface area (Å²) in [5.41, 5.74) is 0.810. The monoisotopic (exact) mass is 425 g/mol. The molecule has 0 heterocycles. The summed E-state index contributed by atoms with van der Waals surface area (Å²) in [6.45, 7) is 4.08. The molecule has 2 rings (SSSR count). The molecule has 2 N–H and O–H groups in total. The van der Waals surface area contributed by atoms with Gasteiger partial charge in [0.1, 0.15) is 11.4 Å². The van der Waals surface area contributed by atoms with Gasteiger partial charge >= 0.3 is 0 Å². The van der Waals surface area contributed by atoms with Crippen LogP contribution in [0.2, 0.25) is 0 Å². The van der Waals surface area contributed by atoms with Crippen LogP contribution in [0.5, 0.6) is 5.75 Å². The second-order valence-electron chi connectivity index (χ2n) is 6.98. The number of nitro groups is 1. The Morgan fingerprint density at radius 3 is 2.48 bits per heavy atom. The molecule has 8 heteroatoms. The molecule has 31 heavy (non-hydrogen) atoms. The summed E-state index contributed by atoms with van der Waals surface area (Å²) in [6.07, 6.45) is 5.87. The van der Waals surface area contributed by atoms with Crippen LogP contribution in [-0.2, 0) is 9.59 Å². The van der Waals surface area contributed by atoms with Gasteiger partial charge in [0.15, 0.2) is 0 Å². The van der Waals surface area contributed by atoms with E-state index in [0.717, 1.165) is 12.8 Å². The smallest absolute Gasteiger partial charge is 0.272 e. The van der Waals surface area contributed by atoms with Crippen LogP contribution in [0.4, 0.5) is 11.4 Å². The average molecular weight is 425 g/mol. The van der Waals surface area contributed by atoms with Gasteiger partial charge in [0.25, 0.3) is 11.6 Å². The van der Waals surface area contributed by atoms with E-state index in [1.807, 2.05) is 0 Å². The van der Waals surface area contributed by atoms with Gasteiger partial charge in [-0.3, -0.25) is 19.7 Å². The van der Waals surface area contributed by atoms with E-state index in [1.54, 1.807) is 30.3 Å². The number of carbonyl (C=O) groups is 2. The number of hydrogen-bond acceptors (Lipinski definition) is 5. The number of hydrogen-bond donors (Lipinski definition) is 2. The van der Waals surface area contributed by atoms with Crippen molar-refractivity contribution in [3.05, 3.63) is 69.9 Å². The summed E-state index contributed by atoms with van der Waals surface area (Å²) in [7, 11) is 0. The van der Waals surface area contributed by atoms with Crippen LogP contribution in [0.3, 0.4) is 0 Å². The molecule has 0 unspecified atom stereocenters. The van der Waals surface area contributed by atoms with Crippen molar-refractivity contribution in [2.24, 2.45) is 0 Å². The first kappa shape index (κ1) is 23.6. The van der Waals surface area contributed by atoms with Crippen LogP contribution in [0.25, 0.3) is 6.08 Å². The van der Waals surface area contributed by atoms with Crippen molar-refractivity contribution < 1.29 is 19.2 Å². The number of unbranched alkanes of at least 4 members (excludes halogenated alkanes) is 3. The molecule has 0 spiro atoms. The number of carbonyl (C=O) groups excluding carboxylic acids is 2. The largest absolute Gasteiger partial charge is 0.494 e. The molecule has 0 saturated heterocycles. The number of anilines is 1. The van der Waals surface area contributed by atoms with Crippen molar-refractivity contribution in [1.82, 2.24) is 5.32 Å². The second-order valence-corrected chi connectivity index (χ2v) is 6.98. The maximum absolute atomic E-state index is 12.7. The van der Waals surface area contributed by atoms with Gasteiger partial charge in [-0.05, 0) is 42.3 Å². The van der Waals surface area contributed by atoms with Crippen LogP contribution in [0, 0.1) is 10.1 Å². The zero-order valence-electron chi connectivity index (χ0n) is 17.7. The van der Waals surface area contributed by atoms with Crippen LogP contribution in [0.1, 0.15) is 45.1 Å². The topological polar surface area (TPSA) is 111 Å². The van der Waals surface area contributed by atoms with E-state index in [9.17, 15) is 19.7 Å². The number of nitrogens with zero attached hydrogens (tertiary/aromatic N) is 1. The number of rotatable bonds is 11. The average Bonchev–Trinajstić information content (AvgIpc) is 2.74. The van der Waals surface area contributed by atoms with Crippen molar-refractivity contribution in [1.29, 1.82) is 0 Å². The van der Waals surface area contributed by atoms with E-state index < -0.39 is 16.7 Å². The number of nitrogens with one attached hydrogen (secondary N) is 2. The lowest BCUT2D eigenvalue weighted by Crippen LogP contribution is -2.28. The molecule has 0 bridgehead atoms. The van der Waals surface area contributed by atoms with Crippen molar-refractivity contribution in [3.8, 4) is 5.75 Å². The Morgan fingerprint density at radius 1 is 1.10 bits per heavy atom. The highest BCUT2D eigenvalue weighted by molar-refractivity contribution is 6.08. The van der Waals surface area contributed by atoms with E-state index in [4.69, 9.17) is 4.74 Å². The maximum atomic E-state index is 12.7. The predicted octanol–water partition coefficient (Wildman–Crippen LogP) is 4.67. The summed E-state index contributed by atoms with van der Waals surface area (Å²) < 4.78 is 5.69. The molecule has 0 aromatic heterocycles. The number of benzene rings is 2. The molecule has 0 aliphatic heterocycles. The number of non-ortho nitro benzene ring substituents is 1. The fourth-order valence-corrected chi connectivity index (χ4v) is 2.79. The predicted molar refractivity (Wildman–Crippen MR) is 120 cm³/mol. The van der Waals surface area contributed by atoms with E-state index in [2.05, 4.69) is 17.6 Å². The Hall–Kier alpha value is -3.68. The standard InChI is InChI=1S/C23H27N3O5/c1-3-4-5-6-14-31-21-12-10-19(11-13-21)25-23(28)22(24-17(2)27)16-18-8-7-9-20(15-18)26(29)30/h7-13,15-16H,3-6,14H2,1-2H3,(H,24,27)(H,25,28)/b22-16+. The Morgan fingerprint density at radius 2 is 1.84 bits per heavy atom. The molecule has 0 saturated carbocycles. The van der Waals surface area contributed by atoms with E-state index in [0.29, 0.717) is 23.6 Å². The van der Waals surface area contributed by atoms with Crippen molar-refractivity contribution >= 4 is 29.3 Å². The van der Waals surface area contributed by atoms with Gasteiger partial charge in [-0.1, -0.05) is 38.3 Å². The fraction of sp³-hybridized carbons (Fsp3) is 0.304. The van der Waals surface area contributed by atoms with Gasteiger partial charge in [0.05, 0.1) is 11.5 Å². The van der Waals surface area contributed by atoms with Gasteiger partial charge in [0, 0.05) is 24.7 Å². The zero-order valence-corrected chi connectivity index (χ0v) is 17.7. The second kappa shape index (κ2) is 12.1. The lowest BCUT2D eigenvalue weighted by atomic mass is 10.1. The minimum atomic E-state index is -0.546. The minimum absolute atomic E-state index is 0.0238. The molecule has 0 atom stereocenters. The number of nitro benzene ring substituents is 1. The van der Waals surface area contributed by atoms with Crippen LogP contribution >= 0.6 is 0 Å². The molecular weight excluding hydrogens is 398 g/mol. The lowest BCUT2D eigenvalue weighted by molar-refractivity contribution is -0.384. The molecule has 8 nitrogen and oxygen atoms in total. The number of ether oxygens (including phenoxy) is 1. The first-order valence-corrected chi connectivity index (χ1v) is 10.2. The molecule has 0 fully saturated rings. The minimum Gasteiger partial charge on any atom is -0.494 e. The highest BCUT2D eigenvalue weighted by Crippen LogP contribution is 2.18. The van der Waals surface area contributed by atoms with E-state index in [1.165, 1.54) is 44.0 Å². The molecule has 0 aliphatic rings. The Balaban J connectivity index is 2.06. The highest BCUT2D eigenvalue weighted by Gasteiger charge is 2.13. The molecule has 2 aromatic rings. The first-order chi connectivity index (χ1) is 14.9. The third-order valence-corrected chi connectivity index (χ3v) is 4.33. The highest BCUT2D eigenvalue weighted by atomic mass is 16.6. The van der Waals surface area contributed by atoms with Gasteiger partial charge < -0.3 is 15.4 Å². The Bertz CT molecular complexity index is 938. The normalized spacial score (nSPS) is 11.0. The molecule has 0 radical (unpaired) electrons. The van der Waals surface area contributed by atoms with Gasteiger partial charge in [-0.25, -0.2) is 0 Å². The molecule has 2 amide bonds. The summed E-state index contributed by atoms with van der Waals surface area (Å²) >= 11 is 0. The fourth-order valence-electron chi connectivity index (χ4n) is 2.79. The third kappa shape index (κ3) is 8.30. The van der Waals surface area contributed by atoms with Crippen LogP contribution in [-0.4, -0.2) is 23.3 Å². The van der Waals surface area contributed by atoms with Gasteiger partial charge in [0.2, 0.25) is 5.91 Å². The summed E-state index contributed by atoms with van der Waals surface area (Å²) in [6, 6.07) is 12.7. The summed E-state index contributed by atoms with van der Waals surface area (Å²) in [5, 5.41) is 16.1. The van der Waals surface area contributed by atoms with E-state index >= 15 is 0 Å². The van der Waals surface area contributed by atoms with Crippen molar-refractivity contribution in [2.75, 3.05) is 11.9 Å². The first-order valence-electron chi connectivity index (χ1n) is 10.2. The molecular formula is C23H27N3O5. The van der Waals surface area contributed by atoms with Gasteiger partial charge in [-0.15, -0.1) is 0 Å². The summed E-state index contributed by atoms with van der Waals surface area (Å²) in [5.74, 6) is -0.266. The Labute approximate surface area is 181 Å². The van der Waals surface area contributed by atoms with Crippen LogP contribution < -0.4 is 15.4 Å². The summed E-state index contributed by atoms with van der Waals surface area (Å²) in [4.78, 5) is 34.6. The van der Waals surface area contributed by atoms with E-state index in [-0.39, 0.29) is 11.4 Å². The molecule has 164 valence electrons. The van der Waals surface area contributed by atoms with Crippen molar-refractivity contribution in [3.63, 3.8) is 0 Å². The maximum Gasteiger partial charge on any atom is 0.272 e. The molecule has 0 aliphatic carbocycles. The SMILES string of the molecule is CCCCCCOc1ccc(NC(=O)/C(=C\c2cccc([N+](=O)[O-])c2)NC(C)=O)cc1. The van der Waals surface area contributed by atoms with Crippen LogP contribution in [0.15, 0.2) is 54.2 Å². The molecule has 2 aromatic carbocycles. The zero-order chi connectivity index (χ0) is 22.6. The number of amides is 2.